The number of sulfonamides is 1. The summed E-state index contributed by atoms with van der Waals surface area (Å²) in [6, 6.07) is 19.0. The van der Waals surface area contributed by atoms with Crippen LogP contribution in [0, 0.1) is 13.8 Å². The SMILES string of the molecule is Cc1cccc(Oc2ccc(NC(=O)c3ccc(C)c(S(N)(=O)=O)c3)cc2)c1. The lowest BCUT2D eigenvalue weighted by Crippen LogP contribution is -2.17. The van der Waals surface area contributed by atoms with Crippen LogP contribution in [0.1, 0.15) is 21.5 Å². The summed E-state index contributed by atoms with van der Waals surface area (Å²) in [6.07, 6.45) is 0. The molecule has 0 fully saturated rings. The molecule has 0 aliphatic carbocycles. The second-order valence-corrected chi connectivity index (χ2v) is 7.95. The zero-order chi connectivity index (χ0) is 20.3. The van der Waals surface area contributed by atoms with E-state index in [-0.39, 0.29) is 10.5 Å². The van der Waals surface area contributed by atoms with Crippen LogP contribution in [0.2, 0.25) is 0 Å². The molecule has 0 saturated heterocycles. The Morgan fingerprint density at radius 1 is 0.929 bits per heavy atom. The van der Waals surface area contributed by atoms with E-state index in [2.05, 4.69) is 5.32 Å². The highest BCUT2D eigenvalue weighted by Crippen LogP contribution is 2.24. The van der Waals surface area contributed by atoms with Gasteiger partial charge >= 0.3 is 0 Å². The summed E-state index contributed by atoms with van der Waals surface area (Å²) >= 11 is 0. The Balaban J connectivity index is 1.73. The lowest BCUT2D eigenvalue weighted by atomic mass is 10.1. The van der Waals surface area contributed by atoms with Gasteiger partial charge in [0.2, 0.25) is 10.0 Å². The minimum atomic E-state index is -3.90. The summed E-state index contributed by atoms with van der Waals surface area (Å²) in [7, 11) is -3.90. The number of amides is 1. The molecule has 0 saturated carbocycles. The van der Waals surface area contributed by atoms with E-state index in [0.29, 0.717) is 17.0 Å². The first-order valence-corrected chi connectivity index (χ1v) is 10.1. The highest BCUT2D eigenvalue weighted by Gasteiger charge is 2.15. The monoisotopic (exact) mass is 396 g/mol. The van der Waals surface area contributed by atoms with Crippen LogP contribution < -0.4 is 15.2 Å². The second kappa shape index (κ2) is 7.84. The van der Waals surface area contributed by atoms with Gasteiger partial charge < -0.3 is 10.1 Å². The molecule has 0 aliphatic rings. The van der Waals surface area contributed by atoms with Gasteiger partial charge in [-0.15, -0.1) is 0 Å². The third kappa shape index (κ3) is 4.76. The van der Waals surface area contributed by atoms with E-state index in [9.17, 15) is 13.2 Å². The van der Waals surface area contributed by atoms with Gasteiger partial charge in [-0.25, -0.2) is 13.6 Å². The predicted octanol–water partition coefficient (Wildman–Crippen LogP) is 4.00. The van der Waals surface area contributed by atoms with Crippen molar-refractivity contribution in [3.05, 3.63) is 83.4 Å². The van der Waals surface area contributed by atoms with Crippen molar-refractivity contribution in [3.63, 3.8) is 0 Å². The van der Waals surface area contributed by atoms with Gasteiger partial charge in [0.05, 0.1) is 4.90 Å². The van der Waals surface area contributed by atoms with Crippen molar-refractivity contribution in [2.24, 2.45) is 5.14 Å². The molecule has 3 rings (SSSR count). The van der Waals surface area contributed by atoms with Crippen LogP contribution in [0.4, 0.5) is 5.69 Å². The minimum Gasteiger partial charge on any atom is -0.457 e. The highest BCUT2D eigenvalue weighted by atomic mass is 32.2. The molecule has 1 amide bonds. The van der Waals surface area contributed by atoms with E-state index in [1.165, 1.54) is 6.07 Å². The maximum absolute atomic E-state index is 12.4. The number of nitrogens with one attached hydrogen (secondary N) is 1. The highest BCUT2D eigenvalue weighted by molar-refractivity contribution is 7.89. The smallest absolute Gasteiger partial charge is 0.255 e. The second-order valence-electron chi connectivity index (χ2n) is 6.42. The molecule has 0 heterocycles. The fourth-order valence-corrected chi connectivity index (χ4v) is 3.48. The van der Waals surface area contributed by atoms with Gasteiger partial charge in [0, 0.05) is 11.3 Å². The lowest BCUT2D eigenvalue weighted by molar-refractivity contribution is 0.102. The Labute approximate surface area is 164 Å². The first-order valence-electron chi connectivity index (χ1n) is 8.52. The van der Waals surface area contributed by atoms with Gasteiger partial charge in [-0.3, -0.25) is 4.79 Å². The lowest BCUT2D eigenvalue weighted by Gasteiger charge is -2.10. The van der Waals surface area contributed by atoms with Crippen LogP contribution in [0.5, 0.6) is 11.5 Å². The maximum Gasteiger partial charge on any atom is 0.255 e. The molecule has 3 aromatic rings. The molecule has 0 spiro atoms. The Morgan fingerprint density at radius 3 is 2.29 bits per heavy atom. The number of primary sulfonamides is 1. The average molecular weight is 396 g/mol. The Kier molecular flexibility index (Phi) is 5.48. The summed E-state index contributed by atoms with van der Waals surface area (Å²) in [5.41, 5.74) is 2.34. The van der Waals surface area contributed by atoms with Crippen LogP contribution in [-0.2, 0) is 10.0 Å². The Morgan fingerprint density at radius 2 is 1.64 bits per heavy atom. The Hall–Kier alpha value is -3.16. The molecule has 7 heteroatoms. The van der Waals surface area contributed by atoms with Crippen molar-refractivity contribution in [1.82, 2.24) is 0 Å². The molecule has 0 radical (unpaired) electrons. The molecule has 0 atom stereocenters. The number of hydrogen-bond acceptors (Lipinski definition) is 4. The van der Waals surface area contributed by atoms with Gasteiger partial charge in [0.15, 0.2) is 0 Å². The molecule has 0 aliphatic heterocycles. The third-order valence-electron chi connectivity index (χ3n) is 4.09. The van der Waals surface area contributed by atoms with E-state index in [1.807, 2.05) is 31.2 Å². The van der Waals surface area contributed by atoms with Crippen molar-refractivity contribution in [3.8, 4) is 11.5 Å². The van der Waals surface area contributed by atoms with Crippen LogP contribution in [-0.4, -0.2) is 14.3 Å². The van der Waals surface area contributed by atoms with Gasteiger partial charge in [-0.05, 0) is 73.5 Å². The van der Waals surface area contributed by atoms with Gasteiger partial charge in [-0.1, -0.05) is 18.2 Å². The molecule has 144 valence electrons. The quantitative estimate of drug-likeness (QED) is 0.681. The van der Waals surface area contributed by atoms with Crippen LogP contribution in [0.15, 0.2) is 71.6 Å². The van der Waals surface area contributed by atoms with Gasteiger partial charge in [0.25, 0.3) is 5.91 Å². The van der Waals surface area contributed by atoms with E-state index >= 15 is 0 Å². The molecule has 6 nitrogen and oxygen atoms in total. The molecule has 0 unspecified atom stereocenters. The molecule has 0 aromatic heterocycles. The zero-order valence-corrected chi connectivity index (χ0v) is 16.3. The number of carbonyl (C=O) groups excluding carboxylic acids is 1. The number of benzene rings is 3. The zero-order valence-electron chi connectivity index (χ0n) is 15.5. The molecule has 3 N–H and O–H groups in total. The van der Waals surface area contributed by atoms with Crippen molar-refractivity contribution in [2.75, 3.05) is 5.32 Å². The first kappa shape index (κ1) is 19.6. The molecule has 28 heavy (non-hydrogen) atoms. The molecular formula is C21H20N2O4S. The topological polar surface area (TPSA) is 98.5 Å². The molecular weight excluding hydrogens is 376 g/mol. The number of hydrogen-bond donors (Lipinski definition) is 2. The molecule has 3 aromatic carbocycles. The van der Waals surface area contributed by atoms with Crippen LogP contribution >= 0.6 is 0 Å². The summed E-state index contributed by atoms with van der Waals surface area (Å²) in [6.45, 7) is 3.60. The van der Waals surface area contributed by atoms with Crippen LogP contribution in [0.25, 0.3) is 0 Å². The van der Waals surface area contributed by atoms with E-state index < -0.39 is 15.9 Å². The number of ether oxygens (including phenoxy) is 1. The average Bonchev–Trinajstić information content (AvgIpc) is 2.63. The van der Waals surface area contributed by atoms with E-state index in [0.717, 1.165) is 11.3 Å². The van der Waals surface area contributed by atoms with Crippen molar-refractivity contribution in [2.45, 2.75) is 18.7 Å². The number of aryl methyl sites for hydroxylation is 2. The summed E-state index contributed by atoms with van der Waals surface area (Å²) in [5, 5.41) is 7.92. The number of nitrogens with two attached hydrogens (primary N) is 1. The van der Waals surface area contributed by atoms with Gasteiger partial charge in [-0.2, -0.15) is 0 Å². The normalized spacial score (nSPS) is 11.1. The fraction of sp³-hybridized carbons (Fsp3) is 0.0952. The number of carbonyl (C=O) groups is 1. The van der Waals surface area contributed by atoms with Gasteiger partial charge in [0.1, 0.15) is 11.5 Å². The number of rotatable bonds is 5. The number of anilines is 1. The molecule has 0 bridgehead atoms. The van der Waals surface area contributed by atoms with Crippen molar-refractivity contribution in [1.29, 1.82) is 0 Å². The third-order valence-corrected chi connectivity index (χ3v) is 5.15. The summed E-state index contributed by atoms with van der Waals surface area (Å²) < 4.78 is 29.0. The predicted molar refractivity (Wildman–Crippen MR) is 108 cm³/mol. The largest absolute Gasteiger partial charge is 0.457 e. The Bertz CT molecular complexity index is 1120. The summed E-state index contributed by atoms with van der Waals surface area (Å²) in [4.78, 5) is 12.4. The van der Waals surface area contributed by atoms with Crippen molar-refractivity contribution < 1.29 is 17.9 Å². The standard InChI is InChI=1S/C21H20N2O4S/c1-14-4-3-5-19(12-14)27-18-10-8-17(9-11-18)23-21(24)16-7-6-15(2)20(13-16)28(22,25)26/h3-13H,1-2H3,(H,23,24)(H2,22,25,26). The van der Waals surface area contributed by atoms with E-state index in [1.54, 1.807) is 43.3 Å². The minimum absolute atomic E-state index is 0.0675. The first-order chi connectivity index (χ1) is 13.2. The fourth-order valence-electron chi connectivity index (χ4n) is 2.67. The maximum atomic E-state index is 12.4. The van der Waals surface area contributed by atoms with Crippen molar-refractivity contribution >= 4 is 21.6 Å². The van der Waals surface area contributed by atoms with Crippen LogP contribution in [0.3, 0.4) is 0 Å². The summed E-state index contributed by atoms with van der Waals surface area (Å²) in [5.74, 6) is 0.930. The van der Waals surface area contributed by atoms with E-state index in [4.69, 9.17) is 9.88 Å².